The van der Waals surface area contributed by atoms with Crippen LogP contribution in [0.3, 0.4) is 0 Å². The molecule has 1 rings (SSSR count). The van der Waals surface area contributed by atoms with Gasteiger partial charge in [-0.15, -0.1) is 0 Å². The molecule has 0 heterocycles. The molecule has 3 heteroatoms. The Balaban J connectivity index is 3.25. The second-order valence-corrected chi connectivity index (χ2v) is 5.54. The SMILES string of the molecule is Cc1cc(N(C)C(C)C(C)C)c(C(C)N)cc1F. The molecular weight excluding hydrogens is 227 g/mol. The number of rotatable bonds is 4. The van der Waals surface area contributed by atoms with Crippen molar-refractivity contribution in [2.75, 3.05) is 11.9 Å². The lowest BCUT2D eigenvalue weighted by molar-refractivity contribution is 0.503. The van der Waals surface area contributed by atoms with Gasteiger partial charge in [0.1, 0.15) is 5.82 Å². The highest BCUT2D eigenvalue weighted by atomic mass is 19.1. The molecule has 1 aromatic carbocycles. The molecule has 0 bridgehead atoms. The van der Waals surface area contributed by atoms with E-state index in [1.54, 1.807) is 13.0 Å². The summed E-state index contributed by atoms with van der Waals surface area (Å²) in [5.41, 5.74) is 8.52. The van der Waals surface area contributed by atoms with Crippen molar-refractivity contribution in [3.63, 3.8) is 0 Å². The Labute approximate surface area is 110 Å². The average molecular weight is 252 g/mol. The highest BCUT2D eigenvalue weighted by molar-refractivity contribution is 5.57. The van der Waals surface area contributed by atoms with Crippen LogP contribution in [0.25, 0.3) is 0 Å². The van der Waals surface area contributed by atoms with Gasteiger partial charge in [-0.25, -0.2) is 4.39 Å². The van der Waals surface area contributed by atoms with Gasteiger partial charge in [-0.2, -0.15) is 0 Å². The van der Waals surface area contributed by atoms with E-state index in [-0.39, 0.29) is 11.9 Å². The molecule has 102 valence electrons. The zero-order chi connectivity index (χ0) is 14.0. The Morgan fingerprint density at radius 2 is 1.72 bits per heavy atom. The van der Waals surface area contributed by atoms with Gasteiger partial charge in [0.15, 0.2) is 0 Å². The van der Waals surface area contributed by atoms with Crippen molar-refractivity contribution in [3.8, 4) is 0 Å². The molecular formula is C15H25FN2. The van der Waals surface area contributed by atoms with Gasteiger partial charge >= 0.3 is 0 Å². The molecule has 0 aliphatic carbocycles. The summed E-state index contributed by atoms with van der Waals surface area (Å²) >= 11 is 0. The van der Waals surface area contributed by atoms with Crippen LogP contribution < -0.4 is 10.6 Å². The molecule has 2 atom stereocenters. The third-order valence-electron chi connectivity index (χ3n) is 3.75. The maximum Gasteiger partial charge on any atom is 0.126 e. The maximum atomic E-state index is 13.7. The van der Waals surface area contributed by atoms with E-state index in [2.05, 4.69) is 25.7 Å². The van der Waals surface area contributed by atoms with Crippen molar-refractivity contribution < 1.29 is 4.39 Å². The summed E-state index contributed by atoms with van der Waals surface area (Å²) in [7, 11) is 2.04. The molecule has 0 aromatic heterocycles. The first-order valence-corrected chi connectivity index (χ1v) is 6.54. The van der Waals surface area contributed by atoms with Gasteiger partial charge < -0.3 is 10.6 Å². The van der Waals surface area contributed by atoms with E-state index >= 15 is 0 Å². The number of benzene rings is 1. The van der Waals surface area contributed by atoms with Crippen LogP contribution in [-0.2, 0) is 0 Å². The largest absolute Gasteiger partial charge is 0.371 e. The predicted octanol–water partition coefficient (Wildman–Crippen LogP) is 3.63. The third-order valence-corrected chi connectivity index (χ3v) is 3.75. The number of hydrogen-bond acceptors (Lipinski definition) is 2. The Morgan fingerprint density at radius 1 is 1.17 bits per heavy atom. The van der Waals surface area contributed by atoms with Crippen LogP contribution in [0.15, 0.2) is 12.1 Å². The molecule has 2 N–H and O–H groups in total. The second-order valence-electron chi connectivity index (χ2n) is 5.54. The number of nitrogens with zero attached hydrogens (tertiary/aromatic N) is 1. The smallest absolute Gasteiger partial charge is 0.126 e. The van der Waals surface area contributed by atoms with Gasteiger partial charge in [-0.05, 0) is 49.9 Å². The average Bonchev–Trinajstić information content (AvgIpc) is 2.29. The van der Waals surface area contributed by atoms with Crippen molar-refractivity contribution in [2.24, 2.45) is 11.7 Å². The standard InChI is InChI=1S/C15H25FN2/c1-9(2)12(5)18(6)15-7-10(3)14(16)8-13(15)11(4)17/h7-9,11-12H,17H2,1-6H3. The first-order valence-electron chi connectivity index (χ1n) is 6.54. The lowest BCUT2D eigenvalue weighted by atomic mass is 9.99. The van der Waals surface area contributed by atoms with Crippen molar-refractivity contribution in [1.29, 1.82) is 0 Å². The molecule has 0 amide bonds. The van der Waals surface area contributed by atoms with Crippen molar-refractivity contribution >= 4 is 5.69 Å². The highest BCUT2D eigenvalue weighted by Crippen LogP contribution is 2.30. The summed E-state index contributed by atoms with van der Waals surface area (Å²) in [5, 5.41) is 0. The third kappa shape index (κ3) is 3.02. The lowest BCUT2D eigenvalue weighted by Gasteiger charge is -2.32. The molecule has 0 aliphatic rings. The monoisotopic (exact) mass is 252 g/mol. The minimum atomic E-state index is -0.184. The summed E-state index contributed by atoms with van der Waals surface area (Å²) in [6, 6.07) is 3.68. The van der Waals surface area contributed by atoms with E-state index in [0.717, 1.165) is 11.3 Å². The van der Waals surface area contributed by atoms with Crippen LogP contribution in [0.5, 0.6) is 0 Å². The van der Waals surface area contributed by atoms with Crippen LogP contribution in [0.4, 0.5) is 10.1 Å². The summed E-state index contributed by atoms with van der Waals surface area (Å²) in [6.45, 7) is 10.2. The topological polar surface area (TPSA) is 29.3 Å². The van der Waals surface area contributed by atoms with E-state index < -0.39 is 0 Å². The first-order chi connectivity index (χ1) is 8.25. The van der Waals surface area contributed by atoms with Crippen LogP contribution in [0, 0.1) is 18.7 Å². The zero-order valence-electron chi connectivity index (χ0n) is 12.3. The van der Waals surface area contributed by atoms with Crippen LogP contribution >= 0.6 is 0 Å². The number of aryl methyl sites for hydroxylation is 1. The van der Waals surface area contributed by atoms with Gasteiger partial charge in [-0.3, -0.25) is 0 Å². The molecule has 0 spiro atoms. The van der Waals surface area contributed by atoms with Crippen molar-refractivity contribution in [2.45, 2.75) is 46.7 Å². The quantitative estimate of drug-likeness (QED) is 0.886. The lowest BCUT2D eigenvalue weighted by Crippen LogP contribution is -2.34. The predicted molar refractivity (Wildman–Crippen MR) is 76.4 cm³/mol. The Kier molecular flexibility index (Phi) is 4.74. The fraction of sp³-hybridized carbons (Fsp3) is 0.600. The fourth-order valence-corrected chi connectivity index (χ4v) is 2.02. The van der Waals surface area contributed by atoms with Crippen LogP contribution in [0.2, 0.25) is 0 Å². The molecule has 1 aromatic rings. The van der Waals surface area contributed by atoms with Gasteiger partial charge in [-0.1, -0.05) is 13.8 Å². The molecule has 0 saturated heterocycles. The normalized spacial score (nSPS) is 14.7. The Bertz CT molecular complexity index is 413. The zero-order valence-corrected chi connectivity index (χ0v) is 12.3. The number of anilines is 1. The Hall–Kier alpha value is -1.09. The number of nitrogens with two attached hydrogens (primary N) is 1. The van der Waals surface area contributed by atoms with Crippen LogP contribution in [0.1, 0.15) is 44.9 Å². The second kappa shape index (κ2) is 5.70. The highest BCUT2D eigenvalue weighted by Gasteiger charge is 2.19. The van der Waals surface area contributed by atoms with Gasteiger partial charge in [0.05, 0.1) is 0 Å². The molecule has 2 nitrogen and oxygen atoms in total. The number of hydrogen-bond donors (Lipinski definition) is 1. The van der Waals surface area contributed by atoms with Gasteiger partial charge in [0.2, 0.25) is 0 Å². The number of halogens is 1. The molecule has 18 heavy (non-hydrogen) atoms. The summed E-state index contributed by atoms with van der Waals surface area (Å²) in [5.74, 6) is 0.345. The molecule has 0 saturated carbocycles. The fourth-order valence-electron chi connectivity index (χ4n) is 2.02. The van der Waals surface area contributed by atoms with Gasteiger partial charge in [0, 0.05) is 24.8 Å². The van der Waals surface area contributed by atoms with Gasteiger partial charge in [0.25, 0.3) is 0 Å². The van der Waals surface area contributed by atoms with Crippen molar-refractivity contribution in [3.05, 3.63) is 29.1 Å². The summed E-state index contributed by atoms with van der Waals surface area (Å²) < 4.78 is 13.7. The van der Waals surface area contributed by atoms with Crippen molar-refractivity contribution in [1.82, 2.24) is 0 Å². The molecule has 0 radical (unpaired) electrons. The van der Waals surface area contributed by atoms with Crippen LogP contribution in [-0.4, -0.2) is 13.1 Å². The molecule has 0 aliphatic heterocycles. The summed E-state index contributed by atoms with van der Waals surface area (Å²) in [6.07, 6.45) is 0. The van der Waals surface area contributed by atoms with E-state index in [1.165, 1.54) is 0 Å². The van der Waals surface area contributed by atoms with E-state index in [9.17, 15) is 4.39 Å². The Morgan fingerprint density at radius 3 is 2.17 bits per heavy atom. The van der Waals surface area contributed by atoms with E-state index in [0.29, 0.717) is 17.5 Å². The maximum absolute atomic E-state index is 13.7. The molecule has 0 fully saturated rings. The molecule has 2 unspecified atom stereocenters. The minimum Gasteiger partial charge on any atom is -0.371 e. The van der Waals surface area contributed by atoms with E-state index in [1.807, 2.05) is 20.0 Å². The summed E-state index contributed by atoms with van der Waals surface area (Å²) in [4.78, 5) is 2.19. The first kappa shape index (κ1) is 15.0. The van der Waals surface area contributed by atoms with E-state index in [4.69, 9.17) is 5.73 Å². The minimum absolute atomic E-state index is 0.170.